The summed E-state index contributed by atoms with van der Waals surface area (Å²) in [5.74, 6) is 0.706. The minimum Gasteiger partial charge on any atom is -0.295 e. The molecule has 0 atom stereocenters. The Hall–Kier alpha value is -4.69. The Kier molecular flexibility index (Phi) is 2.93. The van der Waals surface area contributed by atoms with Crippen LogP contribution in [0, 0.1) is 6.92 Å². The lowest BCUT2D eigenvalue weighted by molar-refractivity contribution is 1.02. The van der Waals surface area contributed by atoms with E-state index in [-0.39, 0.29) is 35.3 Å². The van der Waals surface area contributed by atoms with Gasteiger partial charge in [0.1, 0.15) is 5.82 Å². The fraction of sp³-hybridized carbons (Fsp3) is 0.0294. The van der Waals surface area contributed by atoms with E-state index >= 15 is 0 Å². The first-order valence-corrected chi connectivity index (χ1v) is 11.5. The molecule has 0 radical (unpaired) electrons. The van der Waals surface area contributed by atoms with Crippen LogP contribution < -0.4 is 0 Å². The number of imidazole rings is 1. The van der Waals surface area contributed by atoms with Gasteiger partial charge in [0.25, 0.3) is 0 Å². The summed E-state index contributed by atoms with van der Waals surface area (Å²) in [6, 6.07) is 15.9. The van der Waals surface area contributed by atoms with Gasteiger partial charge < -0.3 is 0 Å². The maximum atomic E-state index is 8.91. The molecule has 1 heterocycles. The summed E-state index contributed by atoms with van der Waals surface area (Å²) in [6.07, 6.45) is 0. The zero-order chi connectivity index (χ0) is 32.8. The molecule has 6 aromatic carbocycles. The third-order valence-corrected chi connectivity index (χ3v) is 6.49. The Morgan fingerprint density at radius 1 is 0.611 bits per heavy atom. The third kappa shape index (κ3) is 3.15. The topological polar surface area (TPSA) is 17.8 Å². The van der Waals surface area contributed by atoms with E-state index in [0.717, 1.165) is 22.1 Å². The van der Waals surface area contributed by atoms with Crippen LogP contribution in [0.15, 0.2) is 127 Å². The van der Waals surface area contributed by atoms with Gasteiger partial charge in [-0.3, -0.25) is 4.57 Å². The van der Waals surface area contributed by atoms with Crippen molar-refractivity contribution < 1.29 is 13.7 Å². The van der Waals surface area contributed by atoms with Crippen LogP contribution in [0.2, 0.25) is 0 Å². The molecule has 0 saturated heterocycles. The SMILES string of the molecule is [2H]c1c([2H])c([2H])c(-c2ccc3c(-n4c(C)nc5ccccc54)c4ccccc4c(-c4c([2H])c([2H])c([2H])c([2H])c4[2H])c3c2)c([2H])c1[2H]. The first-order valence-electron chi connectivity index (χ1n) is 16.5. The monoisotopic (exact) mass is 470 g/mol. The number of aryl methyl sites for hydroxylation is 1. The first-order chi connectivity index (χ1) is 21.9. The lowest BCUT2D eigenvalue weighted by atomic mass is 9.88. The van der Waals surface area contributed by atoms with Gasteiger partial charge in [-0.15, -0.1) is 0 Å². The van der Waals surface area contributed by atoms with Crippen molar-refractivity contribution in [2.75, 3.05) is 0 Å². The molecule has 36 heavy (non-hydrogen) atoms. The molecule has 0 saturated carbocycles. The van der Waals surface area contributed by atoms with Crippen molar-refractivity contribution in [3.8, 4) is 27.9 Å². The van der Waals surface area contributed by atoms with Gasteiger partial charge in [-0.25, -0.2) is 4.98 Å². The van der Waals surface area contributed by atoms with Crippen LogP contribution in [0.5, 0.6) is 0 Å². The number of hydrogen-bond donors (Lipinski definition) is 0. The van der Waals surface area contributed by atoms with Crippen molar-refractivity contribution >= 4 is 32.6 Å². The number of nitrogens with zero attached hydrogens (tertiary/aromatic N) is 2. The number of benzene rings is 6. The molecule has 0 unspecified atom stereocenters. The van der Waals surface area contributed by atoms with Crippen molar-refractivity contribution in [2.24, 2.45) is 0 Å². The number of fused-ring (bicyclic) bond motifs is 3. The predicted octanol–water partition coefficient (Wildman–Crippen LogP) is 8.97. The molecule has 0 bridgehead atoms. The number of hydrogen-bond acceptors (Lipinski definition) is 1. The zero-order valence-electron chi connectivity index (χ0n) is 29.2. The number of aromatic nitrogens is 2. The molecule has 170 valence electrons. The summed E-state index contributed by atoms with van der Waals surface area (Å²) in [4.78, 5) is 4.78. The Labute approximate surface area is 224 Å². The van der Waals surface area contributed by atoms with E-state index in [4.69, 9.17) is 18.7 Å². The summed E-state index contributed by atoms with van der Waals surface area (Å²) in [7, 11) is 0. The highest BCUT2D eigenvalue weighted by Crippen LogP contribution is 2.43. The molecule has 0 spiro atoms. The van der Waals surface area contributed by atoms with Gasteiger partial charge in [-0.05, 0) is 58.1 Å². The van der Waals surface area contributed by atoms with Crippen LogP contribution in [0.4, 0.5) is 0 Å². The van der Waals surface area contributed by atoms with E-state index in [2.05, 4.69) is 0 Å². The van der Waals surface area contributed by atoms with E-state index in [0.29, 0.717) is 33.1 Å². The number of rotatable bonds is 3. The van der Waals surface area contributed by atoms with Crippen molar-refractivity contribution in [2.45, 2.75) is 6.92 Å². The second-order valence-corrected chi connectivity index (χ2v) is 8.51. The Balaban J connectivity index is 1.74. The quantitative estimate of drug-likeness (QED) is 0.236. The molecule has 0 fully saturated rings. The fourth-order valence-corrected chi connectivity index (χ4v) is 5.02. The molecule has 0 aliphatic rings. The van der Waals surface area contributed by atoms with E-state index in [1.54, 1.807) is 18.2 Å². The summed E-state index contributed by atoms with van der Waals surface area (Å²) in [5, 5.41) is 2.49. The summed E-state index contributed by atoms with van der Waals surface area (Å²) in [6.45, 7) is 1.89. The molecule has 0 aliphatic carbocycles. The van der Waals surface area contributed by atoms with Crippen molar-refractivity contribution in [1.29, 1.82) is 0 Å². The van der Waals surface area contributed by atoms with Crippen LogP contribution in [0.1, 0.15) is 19.5 Å². The van der Waals surface area contributed by atoms with Crippen LogP contribution in [0.3, 0.4) is 0 Å². The maximum Gasteiger partial charge on any atom is 0.111 e. The van der Waals surface area contributed by atoms with Gasteiger partial charge in [-0.1, -0.05) is 109 Å². The van der Waals surface area contributed by atoms with Gasteiger partial charge >= 0.3 is 0 Å². The van der Waals surface area contributed by atoms with E-state index in [9.17, 15) is 0 Å². The Morgan fingerprint density at radius 3 is 2.03 bits per heavy atom. The second-order valence-electron chi connectivity index (χ2n) is 8.51. The van der Waals surface area contributed by atoms with Gasteiger partial charge in [0.2, 0.25) is 0 Å². The van der Waals surface area contributed by atoms with Crippen molar-refractivity contribution in [3.63, 3.8) is 0 Å². The molecule has 2 heteroatoms. The van der Waals surface area contributed by atoms with Crippen molar-refractivity contribution in [3.05, 3.63) is 133 Å². The first kappa shape index (κ1) is 12.9. The fourth-order valence-electron chi connectivity index (χ4n) is 5.02. The Morgan fingerprint density at radius 2 is 1.25 bits per heavy atom. The van der Waals surface area contributed by atoms with Gasteiger partial charge in [0.05, 0.1) is 30.4 Å². The highest BCUT2D eigenvalue weighted by Gasteiger charge is 2.20. The lowest BCUT2D eigenvalue weighted by Gasteiger charge is -2.20. The lowest BCUT2D eigenvalue weighted by Crippen LogP contribution is -2.01. The summed E-state index contributed by atoms with van der Waals surface area (Å²) < 4.78 is 86.8. The third-order valence-electron chi connectivity index (χ3n) is 6.49. The molecule has 0 aliphatic heterocycles. The standard InChI is InChI=1S/C34H24N2/c1-23-35-31-18-10-11-19-32(31)36(23)34-28-17-9-8-16-27(28)33(25-14-6-3-7-15-25)30-22-26(20-21-29(30)34)24-12-4-2-5-13-24/h2-22H,1H3/i2D,3D,4D,5D,6D,7D,12D,13D,14D,15D. The van der Waals surface area contributed by atoms with Crippen molar-refractivity contribution in [1.82, 2.24) is 9.55 Å². The molecule has 7 rings (SSSR count). The average molecular weight is 471 g/mol. The highest BCUT2D eigenvalue weighted by atomic mass is 15.1. The van der Waals surface area contributed by atoms with Crippen LogP contribution >= 0.6 is 0 Å². The predicted molar refractivity (Wildman–Crippen MR) is 152 cm³/mol. The normalized spacial score (nSPS) is 15.4. The van der Waals surface area contributed by atoms with Gasteiger partial charge in [0.15, 0.2) is 0 Å². The molecule has 0 amide bonds. The van der Waals surface area contributed by atoms with Crippen LogP contribution in [-0.4, -0.2) is 9.55 Å². The average Bonchev–Trinajstić information content (AvgIpc) is 3.39. The van der Waals surface area contributed by atoms with E-state index in [1.807, 2.05) is 60.0 Å². The largest absolute Gasteiger partial charge is 0.295 e. The highest BCUT2D eigenvalue weighted by molar-refractivity contribution is 6.19. The molecule has 2 nitrogen and oxygen atoms in total. The molecular formula is C34H24N2. The molecule has 1 aromatic heterocycles. The number of para-hydroxylation sites is 2. The van der Waals surface area contributed by atoms with E-state index in [1.165, 1.54) is 0 Å². The summed E-state index contributed by atoms with van der Waals surface area (Å²) >= 11 is 0. The minimum atomic E-state index is -0.510. The van der Waals surface area contributed by atoms with Gasteiger partial charge in [-0.2, -0.15) is 0 Å². The van der Waals surface area contributed by atoms with Crippen LogP contribution in [-0.2, 0) is 0 Å². The Bertz CT molecular complexity index is 2390. The molecular weight excluding hydrogens is 436 g/mol. The maximum absolute atomic E-state index is 8.91. The van der Waals surface area contributed by atoms with E-state index < -0.39 is 36.3 Å². The smallest absolute Gasteiger partial charge is 0.111 e. The second kappa shape index (κ2) is 8.21. The van der Waals surface area contributed by atoms with Crippen LogP contribution in [0.25, 0.3) is 60.5 Å². The molecule has 0 N–H and O–H groups in total. The molecule has 7 aromatic rings. The van der Waals surface area contributed by atoms with Gasteiger partial charge in [0, 0.05) is 10.8 Å². The minimum absolute atomic E-state index is 0.00104. The zero-order valence-corrected chi connectivity index (χ0v) is 19.2. The summed E-state index contributed by atoms with van der Waals surface area (Å²) in [5.41, 5.74) is 3.08.